The number of piperidine rings is 1. The standard InChI is InChI=1S/C31H33NO5/c1-35-16-17-36-24-14-10-21(11-15-24)31(34)18-22-12-13-23(19-31)32(22)30(33)37-20-29-27-8-4-2-6-25(27)26-7-3-5-9-28(26)29/h2-11,14-15,22-23,29,34H,12-13,16-20H2,1H3. The third kappa shape index (κ3) is 4.38. The van der Waals surface area contributed by atoms with Gasteiger partial charge in [0.25, 0.3) is 0 Å². The molecule has 0 radical (unpaired) electrons. The lowest BCUT2D eigenvalue weighted by Crippen LogP contribution is -2.52. The van der Waals surface area contributed by atoms with Crippen LogP contribution < -0.4 is 4.74 Å². The number of methoxy groups -OCH3 is 1. The predicted molar refractivity (Wildman–Crippen MR) is 141 cm³/mol. The molecule has 2 heterocycles. The Morgan fingerprint density at radius 2 is 1.49 bits per heavy atom. The van der Waals surface area contributed by atoms with Crippen LogP contribution in [0.5, 0.6) is 5.75 Å². The number of ether oxygens (including phenoxy) is 3. The topological polar surface area (TPSA) is 68.2 Å². The van der Waals surface area contributed by atoms with E-state index in [1.54, 1.807) is 7.11 Å². The van der Waals surface area contributed by atoms with Crippen LogP contribution in [-0.2, 0) is 15.1 Å². The van der Waals surface area contributed by atoms with E-state index in [1.807, 2.05) is 41.3 Å². The van der Waals surface area contributed by atoms with E-state index >= 15 is 0 Å². The number of nitrogens with zero attached hydrogens (tertiary/aromatic N) is 1. The number of rotatable bonds is 7. The lowest BCUT2D eigenvalue weighted by atomic mass is 9.80. The number of aliphatic hydroxyl groups is 1. The summed E-state index contributed by atoms with van der Waals surface area (Å²) in [5, 5.41) is 11.6. The third-order valence-corrected chi connectivity index (χ3v) is 8.26. The van der Waals surface area contributed by atoms with E-state index < -0.39 is 5.60 Å². The quantitative estimate of drug-likeness (QED) is 0.437. The van der Waals surface area contributed by atoms with Gasteiger partial charge in [-0.05, 0) is 52.8 Å². The number of benzene rings is 3. The number of hydrogen-bond donors (Lipinski definition) is 1. The van der Waals surface area contributed by atoms with E-state index in [1.165, 1.54) is 22.3 Å². The summed E-state index contributed by atoms with van der Waals surface area (Å²) >= 11 is 0. The molecule has 0 saturated carbocycles. The highest BCUT2D eigenvalue weighted by atomic mass is 16.6. The SMILES string of the molecule is COCCOc1ccc(C2(O)CC3CCC(C2)N3C(=O)OCC2c3ccccc3-c3ccccc32)cc1. The van der Waals surface area contributed by atoms with Crippen molar-refractivity contribution in [3.63, 3.8) is 0 Å². The molecule has 3 aromatic rings. The third-order valence-electron chi connectivity index (χ3n) is 8.26. The largest absolute Gasteiger partial charge is 0.491 e. The van der Waals surface area contributed by atoms with Crippen molar-refractivity contribution >= 4 is 6.09 Å². The molecule has 3 aliphatic rings. The lowest BCUT2D eigenvalue weighted by Gasteiger charge is -2.43. The molecule has 1 N–H and O–H groups in total. The second-order valence-corrected chi connectivity index (χ2v) is 10.4. The Kier molecular flexibility index (Phi) is 6.39. The van der Waals surface area contributed by atoms with Crippen LogP contribution in [0.1, 0.15) is 48.3 Å². The van der Waals surface area contributed by atoms with Gasteiger partial charge in [0.05, 0.1) is 12.2 Å². The first kappa shape index (κ1) is 24.0. The summed E-state index contributed by atoms with van der Waals surface area (Å²) in [4.78, 5) is 15.2. The van der Waals surface area contributed by atoms with Gasteiger partial charge in [0.1, 0.15) is 19.0 Å². The molecule has 3 aromatic carbocycles. The summed E-state index contributed by atoms with van der Waals surface area (Å²) in [5.41, 5.74) is 4.77. The van der Waals surface area contributed by atoms with Crippen molar-refractivity contribution in [3.8, 4) is 16.9 Å². The molecule has 6 heteroatoms. The van der Waals surface area contributed by atoms with E-state index in [0.717, 1.165) is 24.2 Å². The molecular weight excluding hydrogens is 466 g/mol. The fourth-order valence-electron chi connectivity index (χ4n) is 6.53. The Labute approximate surface area is 217 Å². The molecule has 2 bridgehead atoms. The Bertz CT molecular complexity index is 1210. The first-order chi connectivity index (χ1) is 18.1. The van der Waals surface area contributed by atoms with Gasteiger partial charge >= 0.3 is 6.09 Å². The average Bonchev–Trinajstić information content (AvgIpc) is 3.40. The number of fused-ring (bicyclic) bond motifs is 5. The Morgan fingerprint density at radius 3 is 2.08 bits per heavy atom. The maximum atomic E-state index is 13.4. The zero-order chi connectivity index (χ0) is 25.4. The van der Waals surface area contributed by atoms with E-state index in [9.17, 15) is 9.90 Å². The molecule has 37 heavy (non-hydrogen) atoms. The molecule has 6 rings (SSSR count). The van der Waals surface area contributed by atoms with E-state index in [-0.39, 0.29) is 24.1 Å². The van der Waals surface area contributed by atoms with Crippen LogP contribution in [0.15, 0.2) is 72.8 Å². The van der Waals surface area contributed by atoms with E-state index in [4.69, 9.17) is 14.2 Å². The normalized spacial score (nSPS) is 24.0. The molecule has 2 atom stereocenters. The van der Waals surface area contributed by atoms with Crippen molar-refractivity contribution < 1.29 is 24.1 Å². The highest BCUT2D eigenvalue weighted by Gasteiger charge is 2.50. The smallest absolute Gasteiger partial charge is 0.410 e. The van der Waals surface area contributed by atoms with Crippen LogP contribution in [0.3, 0.4) is 0 Å². The van der Waals surface area contributed by atoms with Crippen LogP contribution in [-0.4, -0.2) is 55.1 Å². The van der Waals surface area contributed by atoms with Gasteiger partial charge in [-0.2, -0.15) is 0 Å². The van der Waals surface area contributed by atoms with Crippen molar-refractivity contribution in [3.05, 3.63) is 89.5 Å². The molecule has 6 nitrogen and oxygen atoms in total. The summed E-state index contributed by atoms with van der Waals surface area (Å²) in [6.07, 6.45) is 2.53. The van der Waals surface area contributed by atoms with Crippen molar-refractivity contribution in [1.82, 2.24) is 4.90 Å². The average molecular weight is 500 g/mol. The number of carbonyl (C=O) groups excluding carboxylic acids is 1. The Hall–Kier alpha value is -3.35. The van der Waals surface area contributed by atoms with Crippen LogP contribution in [0.4, 0.5) is 4.79 Å². The van der Waals surface area contributed by atoms with Gasteiger partial charge in [0, 0.05) is 38.0 Å². The minimum absolute atomic E-state index is 0.0305. The zero-order valence-electron chi connectivity index (χ0n) is 21.1. The number of amides is 1. The molecule has 2 fully saturated rings. The molecule has 192 valence electrons. The van der Waals surface area contributed by atoms with Crippen molar-refractivity contribution in [1.29, 1.82) is 0 Å². The molecule has 0 spiro atoms. The first-order valence-corrected chi connectivity index (χ1v) is 13.2. The van der Waals surface area contributed by atoms with Gasteiger partial charge in [0.2, 0.25) is 0 Å². The number of carbonyl (C=O) groups is 1. The molecule has 2 unspecified atom stereocenters. The highest BCUT2D eigenvalue weighted by molar-refractivity contribution is 5.79. The van der Waals surface area contributed by atoms with Gasteiger partial charge in [-0.3, -0.25) is 0 Å². The lowest BCUT2D eigenvalue weighted by molar-refractivity contribution is -0.0531. The maximum Gasteiger partial charge on any atom is 0.410 e. The summed E-state index contributed by atoms with van der Waals surface area (Å²) in [6, 6.07) is 24.3. The van der Waals surface area contributed by atoms with Crippen molar-refractivity contribution in [2.75, 3.05) is 26.9 Å². The summed E-state index contributed by atoms with van der Waals surface area (Å²) in [5.74, 6) is 0.795. The molecule has 1 amide bonds. The van der Waals surface area contributed by atoms with Crippen LogP contribution in [0.2, 0.25) is 0 Å². The zero-order valence-corrected chi connectivity index (χ0v) is 21.1. The van der Waals surface area contributed by atoms with E-state index in [2.05, 4.69) is 36.4 Å². The van der Waals surface area contributed by atoms with Crippen LogP contribution in [0.25, 0.3) is 11.1 Å². The summed E-state index contributed by atoms with van der Waals surface area (Å²) in [7, 11) is 1.64. The van der Waals surface area contributed by atoms with Gasteiger partial charge < -0.3 is 24.2 Å². The molecule has 0 aromatic heterocycles. The molecule has 2 aliphatic heterocycles. The fraction of sp³-hybridized carbons (Fsp3) is 0.387. The van der Waals surface area contributed by atoms with Crippen molar-refractivity contribution in [2.24, 2.45) is 0 Å². The van der Waals surface area contributed by atoms with Gasteiger partial charge in [-0.25, -0.2) is 4.79 Å². The molecular formula is C31H33NO5. The molecule has 2 saturated heterocycles. The Morgan fingerprint density at radius 1 is 0.892 bits per heavy atom. The minimum Gasteiger partial charge on any atom is -0.491 e. The van der Waals surface area contributed by atoms with Crippen molar-refractivity contribution in [2.45, 2.75) is 49.3 Å². The highest BCUT2D eigenvalue weighted by Crippen LogP contribution is 2.47. The minimum atomic E-state index is -0.961. The second kappa shape index (κ2) is 9.84. The summed E-state index contributed by atoms with van der Waals surface area (Å²) in [6.45, 7) is 1.33. The van der Waals surface area contributed by atoms with Gasteiger partial charge in [-0.15, -0.1) is 0 Å². The first-order valence-electron chi connectivity index (χ1n) is 13.2. The fourth-order valence-corrected chi connectivity index (χ4v) is 6.53. The molecule has 1 aliphatic carbocycles. The van der Waals surface area contributed by atoms with Gasteiger partial charge in [0.15, 0.2) is 0 Å². The summed E-state index contributed by atoms with van der Waals surface area (Å²) < 4.78 is 16.7. The van der Waals surface area contributed by atoms with Gasteiger partial charge in [-0.1, -0.05) is 60.7 Å². The van der Waals surface area contributed by atoms with Crippen LogP contribution >= 0.6 is 0 Å². The Balaban J connectivity index is 1.12. The predicted octanol–water partition coefficient (Wildman–Crippen LogP) is 5.48. The second-order valence-electron chi connectivity index (χ2n) is 10.4. The monoisotopic (exact) mass is 499 g/mol. The maximum absolute atomic E-state index is 13.4. The number of hydrogen-bond acceptors (Lipinski definition) is 5. The van der Waals surface area contributed by atoms with E-state index in [0.29, 0.717) is 32.7 Å². The van der Waals surface area contributed by atoms with Crippen LogP contribution in [0, 0.1) is 0 Å².